The normalized spacial score (nSPS) is 12.1. The van der Waals surface area contributed by atoms with Crippen molar-refractivity contribution in [3.63, 3.8) is 0 Å². The predicted molar refractivity (Wildman–Crippen MR) is 115 cm³/mol. The maximum Gasteiger partial charge on any atom is 0.312 e. The zero-order valence-corrected chi connectivity index (χ0v) is 18.3. The van der Waals surface area contributed by atoms with E-state index in [1.165, 1.54) is 11.8 Å². The molecular weight excluding hydrogens is 372 g/mol. The number of aromatic hydroxyl groups is 2. The number of phenols is 2. The van der Waals surface area contributed by atoms with Crippen LogP contribution in [0.3, 0.4) is 0 Å². The molecule has 0 aliphatic carbocycles. The summed E-state index contributed by atoms with van der Waals surface area (Å²) in [5, 5.41) is 20.1. The van der Waals surface area contributed by atoms with Gasteiger partial charge in [0, 0.05) is 21.8 Å². The Hall–Kier alpha value is -2.14. The van der Waals surface area contributed by atoms with Crippen molar-refractivity contribution < 1.29 is 19.7 Å². The Morgan fingerprint density at radius 1 is 0.929 bits per heavy atom. The number of carbonyl (C=O) groups excluding carboxylic acids is 1. The molecule has 2 rings (SSSR count). The predicted octanol–water partition coefficient (Wildman–Crippen LogP) is 5.78. The number of benzene rings is 2. The van der Waals surface area contributed by atoms with Crippen molar-refractivity contribution >= 4 is 17.7 Å². The molecule has 0 saturated heterocycles. The fourth-order valence-electron chi connectivity index (χ4n) is 2.79. The van der Waals surface area contributed by atoms with Crippen LogP contribution in [0.4, 0.5) is 0 Å². The van der Waals surface area contributed by atoms with Crippen LogP contribution in [0.15, 0.2) is 41.3 Å². The lowest BCUT2D eigenvalue weighted by molar-refractivity contribution is -0.133. The number of phenolic OH excluding ortho intramolecular Hbond substituents is 2. The Bertz CT molecular complexity index is 792. The van der Waals surface area contributed by atoms with Gasteiger partial charge in [0.05, 0.1) is 6.42 Å². The van der Waals surface area contributed by atoms with Gasteiger partial charge in [0.25, 0.3) is 0 Å². The fourth-order valence-corrected chi connectivity index (χ4v) is 3.62. The van der Waals surface area contributed by atoms with Gasteiger partial charge < -0.3 is 14.9 Å². The highest BCUT2D eigenvalue weighted by Crippen LogP contribution is 2.41. The molecule has 0 saturated carbocycles. The van der Waals surface area contributed by atoms with Crippen LogP contribution in [0.1, 0.15) is 59.1 Å². The molecule has 2 N–H and O–H groups in total. The van der Waals surface area contributed by atoms with Gasteiger partial charge in [-0.15, -0.1) is 11.8 Å². The molecular formula is C23H30O4S. The summed E-state index contributed by atoms with van der Waals surface area (Å²) >= 11 is 1.53. The number of thioether (sulfide) groups is 1. The third kappa shape index (κ3) is 5.93. The van der Waals surface area contributed by atoms with E-state index in [9.17, 15) is 15.0 Å². The van der Waals surface area contributed by atoms with Gasteiger partial charge in [-0.05, 0) is 47.2 Å². The van der Waals surface area contributed by atoms with Crippen LogP contribution >= 0.6 is 11.8 Å². The van der Waals surface area contributed by atoms with E-state index in [1.807, 2.05) is 53.7 Å². The van der Waals surface area contributed by atoms with Crippen molar-refractivity contribution in [3.05, 3.63) is 47.5 Å². The molecule has 4 nitrogen and oxygen atoms in total. The number of hydrogen-bond acceptors (Lipinski definition) is 5. The minimum absolute atomic E-state index is 0.223. The summed E-state index contributed by atoms with van der Waals surface area (Å²) < 4.78 is 5.59. The second kappa shape index (κ2) is 8.48. The largest absolute Gasteiger partial charge is 0.508 e. The summed E-state index contributed by atoms with van der Waals surface area (Å²) in [6, 6.07) is 10.4. The molecule has 0 radical (unpaired) electrons. The minimum atomic E-state index is -0.309. The Kier molecular flexibility index (Phi) is 6.71. The van der Waals surface area contributed by atoms with Gasteiger partial charge in [-0.25, -0.2) is 0 Å². The summed E-state index contributed by atoms with van der Waals surface area (Å²) in [6.45, 7) is 12.1. The lowest BCUT2D eigenvalue weighted by atomic mass is 9.79. The van der Waals surface area contributed by atoms with Crippen LogP contribution in [0.2, 0.25) is 0 Å². The topological polar surface area (TPSA) is 66.8 Å². The van der Waals surface area contributed by atoms with Crippen molar-refractivity contribution in [1.29, 1.82) is 0 Å². The second-order valence-corrected chi connectivity index (χ2v) is 10.1. The Labute approximate surface area is 171 Å². The Balaban J connectivity index is 2.11. The van der Waals surface area contributed by atoms with E-state index in [0.29, 0.717) is 11.5 Å². The van der Waals surface area contributed by atoms with Gasteiger partial charge >= 0.3 is 5.97 Å². The monoisotopic (exact) mass is 402 g/mol. The molecule has 0 amide bonds. The number of rotatable bonds is 5. The van der Waals surface area contributed by atoms with E-state index < -0.39 is 0 Å². The summed E-state index contributed by atoms with van der Waals surface area (Å²) in [7, 11) is 0. The highest BCUT2D eigenvalue weighted by atomic mass is 32.2. The van der Waals surface area contributed by atoms with Crippen LogP contribution in [-0.2, 0) is 15.6 Å². The lowest BCUT2D eigenvalue weighted by Gasteiger charge is -2.27. The van der Waals surface area contributed by atoms with E-state index in [0.717, 1.165) is 16.0 Å². The molecule has 0 aliphatic rings. The maximum atomic E-state index is 12.3. The van der Waals surface area contributed by atoms with Gasteiger partial charge in [-0.1, -0.05) is 41.5 Å². The Morgan fingerprint density at radius 2 is 1.43 bits per heavy atom. The molecule has 2 aromatic rings. The van der Waals surface area contributed by atoms with E-state index >= 15 is 0 Å². The maximum absolute atomic E-state index is 12.3. The van der Waals surface area contributed by atoms with Gasteiger partial charge in [-0.3, -0.25) is 4.79 Å². The van der Waals surface area contributed by atoms with Crippen molar-refractivity contribution in [1.82, 2.24) is 0 Å². The summed E-state index contributed by atoms with van der Waals surface area (Å²) in [5.41, 5.74) is 0.977. The quantitative estimate of drug-likeness (QED) is 0.377. The molecule has 152 valence electrons. The highest BCUT2D eigenvalue weighted by molar-refractivity contribution is 7.99. The van der Waals surface area contributed by atoms with Crippen molar-refractivity contribution in [3.8, 4) is 17.2 Å². The first kappa shape index (κ1) is 22.2. The SMILES string of the molecule is CC(C)(C)c1cc(OC(=O)CCSc2ccc(O)cc2)cc(C(C)(C)C)c1O. The van der Waals surface area contributed by atoms with Crippen molar-refractivity contribution in [2.75, 3.05) is 5.75 Å². The van der Waals surface area contributed by atoms with Gasteiger partial charge in [0.15, 0.2) is 0 Å². The molecule has 0 fully saturated rings. The van der Waals surface area contributed by atoms with Crippen LogP contribution < -0.4 is 4.74 Å². The average Bonchev–Trinajstić information content (AvgIpc) is 2.56. The molecule has 0 aromatic heterocycles. The van der Waals surface area contributed by atoms with Crippen LogP contribution in [0.25, 0.3) is 0 Å². The average molecular weight is 403 g/mol. The standard InChI is InChI=1S/C23H30O4S/c1-22(2,3)18-13-16(14-19(21(18)26)23(4,5)6)27-20(25)11-12-28-17-9-7-15(24)8-10-17/h7-10,13-14,24,26H,11-12H2,1-6H3. The first-order valence-electron chi connectivity index (χ1n) is 9.38. The zero-order valence-electron chi connectivity index (χ0n) is 17.5. The molecule has 5 heteroatoms. The number of carbonyl (C=O) groups is 1. The molecule has 0 unspecified atom stereocenters. The first-order valence-corrected chi connectivity index (χ1v) is 10.4. The molecule has 0 atom stereocenters. The van der Waals surface area contributed by atoms with E-state index in [4.69, 9.17) is 4.74 Å². The van der Waals surface area contributed by atoms with E-state index in [-0.39, 0.29) is 34.7 Å². The summed E-state index contributed by atoms with van der Waals surface area (Å²) in [6.07, 6.45) is 0.266. The summed E-state index contributed by atoms with van der Waals surface area (Å²) in [4.78, 5) is 13.3. The lowest BCUT2D eigenvalue weighted by Crippen LogP contribution is -2.18. The molecule has 0 spiro atoms. The number of esters is 1. The Morgan fingerprint density at radius 3 is 1.89 bits per heavy atom. The van der Waals surface area contributed by atoms with E-state index in [1.54, 1.807) is 24.3 Å². The minimum Gasteiger partial charge on any atom is -0.508 e. The van der Waals surface area contributed by atoms with Gasteiger partial charge in [0.2, 0.25) is 0 Å². The molecule has 2 aromatic carbocycles. The molecule has 0 heterocycles. The van der Waals surface area contributed by atoms with E-state index in [2.05, 4.69) is 0 Å². The third-order valence-electron chi connectivity index (χ3n) is 4.34. The molecule has 28 heavy (non-hydrogen) atoms. The molecule has 0 aliphatic heterocycles. The first-order chi connectivity index (χ1) is 12.9. The van der Waals surface area contributed by atoms with Gasteiger partial charge in [-0.2, -0.15) is 0 Å². The van der Waals surface area contributed by atoms with Crippen molar-refractivity contribution in [2.45, 2.75) is 63.7 Å². The van der Waals surface area contributed by atoms with Gasteiger partial charge in [0.1, 0.15) is 17.2 Å². The fraction of sp³-hybridized carbons (Fsp3) is 0.435. The number of hydrogen-bond donors (Lipinski definition) is 2. The van der Waals surface area contributed by atoms with Crippen LogP contribution in [0.5, 0.6) is 17.2 Å². The van der Waals surface area contributed by atoms with Crippen LogP contribution in [-0.4, -0.2) is 21.9 Å². The summed E-state index contributed by atoms with van der Waals surface area (Å²) in [5.74, 6) is 1.23. The van der Waals surface area contributed by atoms with Crippen molar-refractivity contribution in [2.24, 2.45) is 0 Å². The van der Waals surface area contributed by atoms with Crippen LogP contribution in [0, 0.1) is 0 Å². The highest BCUT2D eigenvalue weighted by Gasteiger charge is 2.27. The number of ether oxygens (including phenoxy) is 1. The zero-order chi connectivity index (χ0) is 21.1. The third-order valence-corrected chi connectivity index (χ3v) is 5.36. The smallest absolute Gasteiger partial charge is 0.312 e. The molecule has 0 bridgehead atoms. The second-order valence-electron chi connectivity index (χ2n) is 8.93.